The molecule has 2 rings (SSSR count). The molecule has 20 heavy (non-hydrogen) atoms. The highest BCUT2D eigenvalue weighted by Gasteiger charge is 2.15. The fourth-order valence-corrected chi connectivity index (χ4v) is 1.63. The quantitative estimate of drug-likeness (QED) is 0.800. The Morgan fingerprint density at radius 2 is 1.75 bits per heavy atom. The first kappa shape index (κ1) is 13.9. The number of benzene rings is 2. The predicted molar refractivity (Wildman–Crippen MR) is 70.1 cm³/mol. The summed E-state index contributed by atoms with van der Waals surface area (Å²) in [6, 6.07) is 7.88. The van der Waals surface area contributed by atoms with E-state index in [4.69, 9.17) is 0 Å². The Labute approximate surface area is 113 Å². The number of urea groups is 1. The maximum absolute atomic E-state index is 13.4. The van der Waals surface area contributed by atoms with Gasteiger partial charge in [0.25, 0.3) is 0 Å². The van der Waals surface area contributed by atoms with E-state index in [9.17, 15) is 18.0 Å². The summed E-state index contributed by atoms with van der Waals surface area (Å²) in [7, 11) is 0. The van der Waals surface area contributed by atoms with Crippen LogP contribution >= 0.6 is 0 Å². The zero-order valence-electron chi connectivity index (χ0n) is 10.5. The molecule has 6 heteroatoms. The van der Waals surface area contributed by atoms with Gasteiger partial charge in [-0.3, -0.25) is 0 Å². The Bertz CT molecular complexity index is 659. The van der Waals surface area contributed by atoms with Crippen molar-refractivity contribution in [2.75, 3.05) is 10.6 Å². The lowest BCUT2D eigenvalue weighted by atomic mass is 10.2. The maximum Gasteiger partial charge on any atom is 0.323 e. The Morgan fingerprint density at radius 3 is 2.45 bits per heavy atom. The average molecular weight is 280 g/mol. The van der Waals surface area contributed by atoms with Crippen LogP contribution in [0.15, 0.2) is 36.4 Å². The van der Waals surface area contributed by atoms with E-state index in [1.165, 1.54) is 0 Å². The third-order valence-corrected chi connectivity index (χ3v) is 2.56. The first-order valence-corrected chi connectivity index (χ1v) is 5.75. The molecule has 0 radical (unpaired) electrons. The average Bonchev–Trinajstić information content (AvgIpc) is 2.39. The molecule has 0 spiro atoms. The monoisotopic (exact) mass is 280 g/mol. The van der Waals surface area contributed by atoms with Crippen molar-refractivity contribution in [3.05, 3.63) is 59.4 Å². The van der Waals surface area contributed by atoms with Crippen LogP contribution in [0.4, 0.5) is 29.3 Å². The fourth-order valence-electron chi connectivity index (χ4n) is 1.63. The molecule has 0 unspecified atom stereocenters. The largest absolute Gasteiger partial charge is 0.323 e. The van der Waals surface area contributed by atoms with E-state index in [-0.39, 0.29) is 0 Å². The number of carbonyl (C=O) groups is 1. The number of hydrogen-bond acceptors (Lipinski definition) is 1. The summed E-state index contributed by atoms with van der Waals surface area (Å²) in [5, 5.41) is 4.57. The Hall–Kier alpha value is -2.50. The van der Waals surface area contributed by atoms with Crippen LogP contribution in [-0.4, -0.2) is 6.03 Å². The number of carbonyl (C=O) groups excluding carboxylic acids is 1. The van der Waals surface area contributed by atoms with Crippen LogP contribution in [0.2, 0.25) is 0 Å². The number of aryl methyl sites for hydroxylation is 1. The van der Waals surface area contributed by atoms with E-state index in [0.29, 0.717) is 5.69 Å². The summed E-state index contributed by atoms with van der Waals surface area (Å²) in [4.78, 5) is 11.6. The molecule has 0 aliphatic rings. The molecule has 104 valence electrons. The minimum Gasteiger partial charge on any atom is -0.308 e. The number of anilines is 2. The van der Waals surface area contributed by atoms with E-state index in [2.05, 4.69) is 10.6 Å². The molecule has 3 nitrogen and oxygen atoms in total. The lowest BCUT2D eigenvalue weighted by Crippen LogP contribution is -2.20. The van der Waals surface area contributed by atoms with Crippen LogP contribution in [0.5, 0.6) is 0 Å². The molecule has 0 atom stereocenters. The molecular formula is C14H11F3N2O. The van der Waals surface area contributed by atoms with Crippen LogP contribution in [0.3, 0.4) is 0 Å². The number of rotatable bonds is 2. The second-order valence-corrected chi connectivity index (χ2v) is 4.17. The smallest absolute Gasteiger partial charge is 0.308 e. The molecule has 0 bridgehead atoms. The van der Waals surface area contributed by atoms with Gasteiger partial charge in [0.2, 0.25) is 0 Å². The van der Waals surface area contributed by atoms with Crippen LogP contribution in [-0.2, 0) is 0 Å². The first-order chi connectivity index (χ1) is 9.47. The summed E-state index contributed by atoms with van der Waals surface area (Å²) >= 11 is 0. The highest BCUT2D eigenvalue weighted by atomic mass is 19.2. The molecule has 2 aromatic rings. The van der Waals surface area contributed by atoms with Crippen molar-refractivity contribution in [2.45, 2.75) is 6.92 Å². The molecule has 2 aromatic carbocycles. The van der Waals surface area contributed by atoms with E-state index < -0.39 is 29.2 Å². The van der Waals surface area contributed by atoms with Crippen LogP contribution < -0.4 is 10.6 Å². The van der Waals surface area contributed by atoms with Crippen molar-refractivity contribution >= 4 is 17.4 Å². The molecule has 0 aromatic heterocycles. The Kier molecular flexibility index (Phi) is 3.93. The van der Waals surface area contributed by atoms with Crippen LogP contribution in [0.25, 0.3) is 0 Å². The first-order valence-electron chi connectivity index (χ1n) is 5.75. The molecular weight excluding hydrogens is 269 g/mol. The topological polar surface area (TPSA) is 41.1 Å². The van der Waals surface area contributed by atoms with Gasteiger partial charge in [-0.25, -0.2) is 18.0 Å². The van der Waals surface area contributed by atoms with Crippen LogP contribution in [0, 0.1) is 24.4 Å². The van der Waals surface area contributed by atoms with E-state index in [1.54, 1.807) is 18.2 Å². The third kappa shape index (κ3) is 3.09. The molecule has 0 saturated heterocycles. The molecule has 0 fully saturated rings. The lowest BCUT2D eigenvalue weighted by Gasteiger charge is -2.09. The SMILES string of the molecule is Cc1cccc(NC(=O)Nc2ccc(F)c(F)c2F)c1. The summed E-state index contributed by atoms with van der Waals surface area (Å²) < 4.78 is 39.1. The van der Waals surface area contributed by atoms with Gasteiger partial charge in [-0.2, -0.15) is 0 Å². The lowest BCUT2D eigenvalue weighted by molar-refractivity contribution is 0.262. The second kappa shape index (κ2) is 5.64. The summed E-state index contributed by atoms with van der Waals surface area (Å²) in [6.45, 7) is 1.85. The van der Waals surface area contributed by atoms with Gasteiger partial charge in [0, 0.05) is 5.69 Å². The van der Waals surface area contributed by atoms with Crippen LogP contribution in [0.1, 0.15) is 5.56 Å². The standard InChI is InChI=1S/C14H11F3N2O/c1-8-3-2-4-9(7-8)18-14(20)19-11-6-5-10(15)12(16)13(11)17/h2-7H,1H3,(H2,18,19,20). The van der Waals surface area contributed by atoms with Gasteiger partial charge in [-0.05, 0) is 36.8 Å². The predicted octanol–water partition coefficient (Wildman–Crippen LogP) is 4.06. The number of nitrogens with one attached hydrogen (secondary N) is 2. The van der Waals surface area contributed by atoms with Gasteiger partial charge in [0.05, 0.1) is 5.69 Å². The van der Waals surface area contributed by atoms with E-state index in [1.807, 2.05) is 13.0 Å². The molecule has 2 N–H and O–H groups in total. The van der Waals surface area contributed by atoms with E-state index >= 15 is 0 Å². The molecule has 0 aliphatic heterocycles. The minimum absolute atomic E-state index is 0.436. The molecule has 0 saturated carbocycles. The van der Waals surface area contributed by atoms with Gasteiger partial charge in [0.1, 0.15) is 0 Å². The van der Waals surface area contributed by atoms with E-state index in [0.717, 1.165) is 17.7 Å². The number of hydrogen-bond donors (Lipinski definition) is 2. The van der Waals surface area contributed by atoms with Crippen molar-refractivity contribution in [3.8, 4) is 0 Å². The highest BCUT2D eigenvalue weighted by molar-refractivity contribution is 5.99. The highest BCUT2D eigenvalue weighted by Crippen LogP contribution is 2.20. The van der Waals surface area contributed by atoms with Crippen molar-refractivity contribution in [3.63, 3.8) is 0 Å². The van der Waals surface area contributed by atoms with Crippen molar-refractivity contribution in [2.24, 2.45) is 0 Å². The zero-order chi connectivity index (χ0) is 14.7. The molecule has 2 amide bonds. The minimum atomic E-state index is -1.63. The normalized spacial score (nSPS) is 10.2. The van der Waals surface area contributed by atoms with Gasteiger partial charge < -0.3 is 10.6 Å². The Morgan fingerprint density at radius 1 is 1.00 bits per heavy atom. The van der Waals surface area contributed by atoms with Gasteiger partial charge in [-0.1, -0.05) is 12.1 Å². The Balaban J connectivity index is 2.11. The third-order valence-electron chi connectivity index (χ3n) is 2.56. The second-order valence-electron chi connectivity index (χ2n) is 4.17. The maximum atomic E-state index is 13.4. The zero-order valence-corrected chi connectivity index (χ0v) is 10.5. The van der Waals surface area contributed by atoms with Gasteiger partial charge >= 0.3 is 6.03 Å². The number of amides is 2. The van der Waals surface area contributed by atoms with Crippen molar-refractivity contribution in [1.82, 2.24) is 0 Å². The summed E-state index contributed by atoms with van der Waals surface area (Å²) in [5.74, 6) is -4.38. The fraction of sp³-hybridized carbons (Fsp3) is 0.0714. The van der Waals surface area contributed by atoms with Gasteiger partial charge in [0.15, 0.2) is 17.5 Å². The molecule has 0 aliphatic carbocycles. The van der Waals surface area contributed by atoms with Gasteiger partial charge in [-0.15, -0.1) is 0 Å². The number of halogens is 3. The summed E-state index contributed by atoms with van der Waals surface area (Å²) in [5.41, 5.74) is 1.00. The van der Waals surface area contributed by atoms with Crippen molar-refractivity contribution < 1.29 is 18.0 Å². The van der Waals surface area contributed by atoms with Crippen molar-refractivity contribution in [1.29, 1.82) is 0 Å². The molecule has 0 heterocycles. The summed E-state index contributed by atoms with van der Waals surface area (Å²) in [6.07, 6.45) is 0.